The Morgan fingerprint density at radius 1 is 1.22 bits per heavy atom. The number of amides is 1. The van der Waals surface area contributed by atoms with Gasteiger partial charge in [0.05, 0.1) is 34.7 Å². The van der Waals surface area contributed by atoms with Crippen LogP contribution >= 0.6 is 23.1 Å². The van der Waals surface area contributed by atoms with Gasteiger partial charge < -0.3 is 9.73 Å². The molecule has 0 spiro atoms. The molecule has 4 aromatic rings. The molecule has 0 fully saturated rings. The Morgan fingerprint density at radius 3 is 2.96 bits per heavy atom. The standard InChI is InChI=1S/C15H10N4O2S2/c20-14(11-8-17-23-19-11)16-7-9-5-6-12(21-9)15-18-10-3-1-2-4-13(10)22-15/h1-6,8H,7H2,(H,16,20). The molecule has 114 valence electrons. The van der Waals surface area contributed by atoms with Gasteiger partial charge in [0.25, 0.3) is 5.91 Å². The van der Waals surface area contributed by atoms with Crippen molar-refractivity contribution in [3.63, 3.8) is 0 Å². The molecule has 0 atom stereocenters. The number of furan rings is 1. The van der Waals surface area contributed by atoms with Crippen LogP contribution in [0.15, 0.2) is 47.0 Å². The number of aromatic nitrogens is 3. The third-order valence-electron chi connectivity index (χ3n) is 3.18. The molecular weight excluding hydrogens is 332 g/mol. The van der Waals surface area contributed by atoms with Gasteiger partial charge in [-0.1, -0.05) is 12.1 Å². The predicted octanol–water partition coefficient (Wildman–Crippen LogP) is 3.34. The van der Waals surface area contributed by atoms with Crippen LogP contribution in [0.1, 0.15) is 16.2 Å². The molecule has 0 unspecified atom stereocenters. The zero-order valence-corrected chi connectivity index (χ0v) is 13.4. The fourth-order valence-corrected chi connectivity index (χ4v) is 3.43. The number of hydrogen-bond acceptors (Lipinski definition) is 7. The highest BCUT2D eigenvalue weighted by Crippen LogP contribution is 2.31. The van der Waals surface area contributed by atoms with Crippen LogP contribution in [0.2, 0.25) is 0 Å². The highest BCUT2D eigenvalue weighted by atomic mass is 32.1. The van der Waals surface area contributed by atoms with Gasteiger partial charge in [-0.05, 0) is 24.3 Å². The van der Waals surface area contributed by atoms with Crippen molar-refractivity contribution in [1.82, 2.24) is 19.0 Å². The second-order valence-electron chi connectivity index (χ2n) is 4.73. The summed E-state index contributed by atoms with van der Waals surface area (Å²) in [4.78, 5) is 16.4. The number of nitrogens with zero attached hydrogens (tertiary/aromatic N) is 3. The van der Waals surface area contributed by atoms with Crippen molar-refractivity contribution < 1.29 is 9.21 Å². The fraction of sp³-hybridized carbons (Fsp3) is 0.0667. The summed E-state index contributed by atoms with van der Waals surface area (Å²) >= 11 is 2.58. The van der Waals surface area contributed by atoms with Gasteiger partial charge in [0.1, 0.15) is 5.76 Å². The molecule has 8 heteroatoms. The lowest BCUT2D eigenvalue weighted by Gasteiger charge is -1.99. The Bertz CT molecular complexity index is 926. The Balaban J connectivity index is 1.49. The maximum Gasteiger partial charge on any atom is 0.273 e. The quantitative estimate of drug-likeness (QED) is 0.615. The minimum Gasteiger partial charge on any atom is -0.457 e. The molecule has 0 saturated heterocycles. The summed E-state index contributed by atoms with van der Waals surface area (Å²) in [5, 5.41) is 3.57. The van der Waals surface area contributed by atoms with Crippen LogP contribution in [0.25, 0.3) is 21.0 Å². The summed E-state index contributed by atoms with van der Waals surface area (Å²) < 4.78 is 14.6. The van der Waals surface area contributed by atoms with Crippen molar-refractivity contribution in [3.05, 3.63) is 54.0 Å². The highest BCUT2D eigenvalue weighted by molar-refractivity contribution is 7.21. The number of carbonyl (C=O) groups excluding carboxylic acids is 1. The first-order valence-electron chi connectivity index (χ1n) is 6.80. The molecule has 1 aromatic carbocycles. The Kier molecular flexibility index (Phi) is 3.60. The number of hydrogen-bond donors (Lipinski definition) is 1. The van der Waals surface area contributed by atoms with Crippen LogP contribution in [0.3, 0.4) is 0 Å². The molecule has 0 aliphatic carbocycles. The van der Waals surface area contributed by atoms with E-state index in [9.17, 15) is 4.79 Å². The van der Waals surface area contributed by atoms with Crippen molar-refractivity contribution >= 4 is 39.2 Å². The maximum atomic E-state index is 11.8. The van der Waals surface area contributed by atoms with E-state index in [1.54, 1.807) is 11.3 Å². The normalized spacial score (nSPS) is 11.0. The average Bonchev–Trinajstić information content (AvgIpc) is 3.31. The molecular formula is C15H10N4O2S2. The number of nitrogens with one attached hydrogen (secondary N) is 1. The van der Waals surface area contributed by atoms with Crippen molar-refractivity contribution in [3.8, 4) is 10.8 Å². The predicted molar refractivity (Wildman–Crippen MR) is 88.4 cm³/mol. The van der Waals surface area contributed by atoms with Crippen LogP contribution in [-0.4, -0.2) is 19.6 Å². The molecule has 0 saturated carbocycles. The number of para-hydroxylation sites is 1. The summed E-state index contributed by atoms with van der Waals surface area (Å²) in [7, 11) is 0. The minimum absolute atomic E-state index is 0.267. The summed E-state index contributed by atoms with van der Waals surface area (Å²) in [5.74, 6) is 1.10. The summed E-state index contributed by atoms with van der Waals surface area (Å²) in [6.07, 6.45) is 1.44. The van der Waals surface area contributed by atoms with Gasteiger partial charge in [0.2, 0.25) is 0 Å². The molecule has 1 amide bonds. The van der Waals surface area contributed by atoms with Crippen molar-refractivity contribution in [1.29, 1.82) is 0 Å². The number of benzene rings is 1. The number of carbonyl (C=O) groups is 1. The first-order chi connectivity index (χ1) is 11.3. The van der Waals surface area contributed by atoms with Crippen molar-refractivity contribution in [2.24, 2.45) is 0 Å². The summed E-state index contributed by atoms with van der Waals surface area (Å²) in [6, 6.07) is 11.7. The lowest BCUT2D eigenvalue weighted by molar-refractivity contribution is 0.0944. The SMILES string of the molecule is O=C(NCc1ccc(-c2nc3ccccc3s2)o1)c1cnsn1. The van der Waals surface area contributed by atoms with Crippen LogP contribution in [0.4, 0.5) is 0 Å². The lowest BCUT2D eigenvalue weighted by atomic mass is 10.3. The molecule has 6 nitrogen and oxygen atoms in total. The Morgan fingerprint density at radius 2 is 2.13 bits per heavy atom. The highest BCUT2D eigenvalue weighted by Gasteiger charge is 2.12. The van der Waals surface area contributed by atoms with Crippen LogP contribution in [0.5, 0.6) is 0 Å². The van der Waals surface area contributed by atoms with Gasteiger partial charge in [-0.15, -0.1) is 11.3 Å². The molecule has 4 rings (SSSR count). The van der Waals surface area contributed by atoms with E-state index >= 15 is 0 Å². The van der Waals surface area contributed by atoms with Crippen LogP contribution in [0, 0.1) is 0 Å². The third kappa shape index (κ3) is 2.86. The maximum absolute atomic E-state index is 11.8. The van der Waals surface area contributed by atoms with Crippen LogP contribution in [-0.2, 0) is 6.54 Å². The summed E-state index contributed by atoms with van der Waals surface area (Å²) in [5.41, 5.74) is 1.27. The first kappa shape index (κ1) is 14.0. The van der Waals surface area contributed by atoms with E-state index in [-0.39, 0.29) is 5.91 Å². The van der Waals surface area contributed by atoms with E-state index in [1.165, 1.54) is 6.20 Å². The van der Waals surface area contributed by atoms with E-state index in [2.05, 4.69) is 19.0 Å². The second kappa shape index (κ2) is 5.90. The summed E-state index contributed by atoms with van der Waals surface area (Å²) in [6.45, 7) is 0.293. The van der Waals surface area contributed by atoms with Crippen LogP contribution < -0.4 is 5.32 Å². The molecule has 23 heavy (non-hydrogen) atoms. The zero-order chi connectivity index (χ0) is 15.6. The molecule has 0 aliphatic rings. The van der Waals surface area contributed by atoms with Gasteiger partial charge >= 0.3 is 0 Å². The molecule has 1 N–H and O–H groups in total. The zero-order valence-electron chi connectivity index (χ0n) is 11.7. The Hall–Kier alpha value is -2.58. The topological polar surface area (TPSA) is 80.9 Å². The lowest BCUT2D eigenvalue weighted by Crippen LogP contribution is -2.22. The Labute approximate surface area is 139 Å². The van der Waals surface area contributed by atoms with E-state index in [4.69, 9.17) is 4.42 Å². The average molecular weight is 342 g/mol. The van der Waals surface area contributed by atoms with Crippen molar-refractivity contribution in [2.75, 3.05) is 0 Å². The molecule has 0 aliphatic heterocycles. The number of fused-ring (bicyclic) bond motifs is 1. The van der Waals surface area contributed by atoms with Gasteiger partial charge in [0, 0.05) is 0 Å². The second-order valence-corrected chi connectivity index (χ2v) is 6.32. The number of rotatable bonds is 4. The molecule has 0 bridgehead atoms. The molecule has 3 aromatic heterocycles. The fourth-order valence-electron chi connectivity index (χ4n) is 2.09. The van der Waals surface area contributed by atoms with E-state index < -0.39 is 0 Å². The van der Waals surface area contributed by atoms with Gasteiger partial charge in [-0.3, -0.25) is 4.79 Å². The third-order valence-corrected chi connectivity index (χ3v) is 4.71. The van der Waals surface area contributed by atoms with Gasteiger partial charge in [-0.25, -0.2) is 4.98 Å². The van der Waals surface area contributed by atoms with Crippen molar-refractivity contribution in [2.45, 2.75) is 6.54 Å². The molecule has 0 radical (unpaired) electrons. The first-order valence-corrected chi connectivity index (χ1v) is 8.35. The molecule has 3 heterocycles. The van der Waals surface area contributed by atoms with Gasteiger partial charge in [0.15, 0.2) is 16.5 Å². The minimum atomic E-state index is -0.267. The van der Waals surface area contributed by atoms with E-state index in [0.717, 1.165) is 27.0 Å². The van der Waals surface area contributed by atoms with Gasteiger partial charge in [-0.2, -0.15) is 8.75 Å². The smallest absolute Gasteiger partial charge is 0.273 e. The van der Waals surface area contributed by atoms with E-state index in [1.807, 2.05) is 36.4 Å². The monoisotopic (exact) mass is 342 g/mol. The number of thiazole rings is 1. The largest absolute Gasteiger partial charge is 0.457 e. The van der Waals surface area contributed by atoms with E-state index in [0.29, 0.717) is 23.8 Å².